The molecular weight excluding hydrogens is 462 g/mol. The number of carbonyl (C=O) groups excluding carboxylic acids is 4. The third-order valence-electron chi connectivity index (χ3n) is 7.25. The number of hydrogen-bond donors (Lipinski definition) is 3. The molecule has 198 valence electrons. The van der Waals surface area contributed by atoms with Gasteiger partial charge in [-0.2, -0.15) is 0 Å². The number of ether oxygens (including phenoxy) is 1. The zero-order valence-corrected chi connectivity index (χ0v) is 21.7. The van der Waals surface area contributed by atoms with E-state index in [0.29, 0.717) is 12.8 Å². The van der Waals surface area contributed by atoms with Gasteiger partial charge >= 0.3 is 5.97 Å². The van der Waals surface area contributed by atoms with Crippen molar-refractivity contribution in [3.63, 3.8) is 0 Å². The monoisotopic (exact) mass is 501 g/mol. The molecule has 3 amide bonds. The van der Waals surface area contributed by atoms with E-state index in [4.69, 9.17) is 4.74 Å². The van der Waals surface area contributed by atoms with Crippen molar-refractivity contribution in [1.29, 1.82) is 0 Å². The minimum Gasteiger partial charge on any atom is -0.469 e. The molecule has 2 saturated carbocycles. The molecule has 0 bridgehead atoms. The lowest BCUT2D eigenvalue weighted by Gasteiger charge is -2.35. The summed E-state index contributed by atoms with van der Waals surface area (Å²) in [7, 11) is 1.35. The van der Waals surface area contributed by atoms with E-state index in [2.05, 4.69) is 25.9 Å². The lowest BCUT2D eigenvalue weighted by molar-refractivity contribution is -0.146. The van der Waals surface area contributed by atoms with Crippen LogP contribution in [0.25, 0.3) is 0 Å². The van der Waals surface area contributed by atoms with E-state index in [-0.39, 0.29) is 29.5 Å². The Balaban J connectivity index is 1.76. The highest BCUT2D eigenvalue weighted by Gasteiger charge is 2.41. The van der Waals surface area contributed by atoms with Gasteiger partial charge < -0.3 is 20.7 Å². The fraction of sp³-hybridized carbons (Fsp3) is 0.692. The summed E-state index contributed by atoms with van der Waals surface area (Å²) in [5.41, 5.74) is -0.475. The van der Waals surface area contributed by atoms with Gasteiger partial charge in [0.2, 0.25) is 11.8 Å². The maximum Gasteiger partial charge on any atom is 0.310 e. The van der Waals surface area contributed by atoms with E-state index < -0.39 is 35.2 Å². The summed E-state index contributed by atoms with van der Waals surface area (Å²) in [4.78, 5) is 60.0. The fourth-order valence-electron chi connectivity index (χ4n) is 5.24. The second-order valence-corrected chi connectivity index (χ2v) is 10.9. The number of nitrogens with one attached hydrogen (secondary N) is 3. The van der Waals surface area contributed by atoms with Crippen LogP contribution in [0.3, 0.4) is 0 Å². The molecule has 1 heterocycles. The summed E-state index contributed by atoms with van der Waals surface area (Å²) in [6.07, 6.45) is 11.1. The van der Waals surface area contributed by atoms with E-state index in [9.17, 15) is 19.2 Å². The van der Waals surface area contributed by atoms with Crippen LogP contribution in [0.4, 0.5) is 0 Å². The molecule has 0 aliphatic heterocycles. The highest BCUT2D eigenvalue weighted by molar-refractivity contribution is 5.97. The Hall–Kier alpha value is -3.04. The molecule has 1 aromatic rings. The second kappa shape index (κ2) is 12.3. The number of methoxy groups -OCH3 is 1. The normalized spacial score (nSPS) is 22.2. The number of rotatable bonds is 8. The van der Waals surface area contributed by atoms with Gasteiger partial charge in [0, 0.05) is 18.4 Å². The van der Waals surface area contributed by atoms with Gasteiger partial charge in [-0.25, -0.2) is 4.98 Å². The number of hydrogen-bond acceptors (Lipinski definition) is 7. The van der Waals surface area contributed by atoms with Gasteiger partial charge in [0.25, 0.3) is 5.91 Å². The molecule has 2 fully saturated rings. The van der Waals surface area contributed by atoms with Gasteiger partial charge in [0.1, 0.15) is 17.8 Å². The average molecular weight is 502 g/mol. The van der Waals surface area contributed by atoms with Crippen LogP contribution in [-0.4, -0.2) is 58.9 Å². The standard InChI is InChI=1S/C26H39N5O5/c1-26(2,3)21(24(34)29-18-12-8-11-17(18)25(35)36-4)31-23(33)20(16-9-6-5-7-10-16)30-22(32)19-15-27-13-14-28-19/h13-18,20-21H,5-12H2,1-4H3,(H,29,34)(H,30,32)(H,31,33)/t17?,18?,20-,21+/m0/s1. The Kier molecular flexibility index (Phi) is 9.39. The zero-order valence-electron chi connectivity index (χ0n) is 21.7. The van der Waals surface area contributed by atoms with Crippen molar-refractivity contribution in [3.05, 3.63) is 24.3 Å². The van der Waals surface area contributed by atoms with Crippen LogP contribution in [0.2, 0.25) is 0 Å². The van der Waals surface area contributed by atoms with Crippen molar-refractivity contribution >= 4 is 23.7 Å². The lowest BCUT2D eigenvalue weighted by Crippen LogP contribution is -2.60. The molecule has 36 heavy (non-hydrogen) atoms. The van der Waals surface area contributed by atoms with Gasteiger partial charge in [-0.3, -0.25) is 24.2 Å². The summed E-state index contributed by atoms with van der Waals surface area (Å²) in [6, 6.07) is -1.99. The summed E-state index contributed by atoms with van der Waals surface area (Å²) in [5.74, 6) is -1.99. The Morgan fingerprint density at radius 2 is 1.67 bits per heavy atom. The van der Waals surface area contributed by atoms with Crippen molar-refractivity contribution in [2.24, 2.45) is 17.3 Å². The minimum atomic E-state index is -0.858. The molecule has 0 aromatic carbocycles. The first kappa shape index (κ1) is 27.5. The summed E-state index contributed by atoms with van der Waals surface area (Å²) in [5, 5.41) is 8.76. The third kappa shape index (κ3) is 7.01. The van der Waals surface area contributed by atoms with Crippen LogP contribution < -0.4 is 16.0 Å². The first-order valence-corrected chi connectivity index (χ1v) is 12.9. The molecule has 0 spiro atoms. The number of esters is 1. The van der Waals surface area contributed by atoms with E-state index in [0.717, 1.165) is 38.5 Å². The van der Waals surface area contributed by atoms with E-state index in [1.807, 2.05) is 20.8 Å². The number of carbonyl (C=O) groups is 4. The summed E-state index contributed by atoms with van der Waals surface area (Å²) < 4.78 is 4.90. The van der Waals surface area contributed by atoms with Crippen LogP contribution in [0.5, 0.6) is 0 Å². The molecule has 1 aromatic heterocycles. The van der Waals surface area contributed by atoms with Crippen molar-refractivity contribution in [1.82, 2.24) is 25.9 Å². The smallest absolute Gasteiger partial charge is 0.310 e. The SMILES string of the molecule is COC(=O)C1CCCC1NC(=O)[C@@H](NC(=O)[C@@H](NC(=O)c1cnccn1)C1CCCCC1)C(C)(C)C. The predicted molar refractivity (Wildman–Crippen MR) is 133 cm³/mol. The van der Waals surface area contributed by atoms with E-state index in [1.54, 1.807) is 0 Å². The number of amides is 3. The van der Waals surface area contributed by atoms with Crippen LogP contribution >= 0.6 is 0 Å². The van der Waals surface area contributed by atoms with Crippen molar-refractivity contribution < 1.29 is 23.9 Å². The maximum absolute atomic E-state index is 13.6. The first-order chi connectivity index (χ1) is 17.1. The molecule has 10 nitrogen and oxygen atoms in total. The van der Waals surface area contributed by atoms with Crippen molar-refractivity contribution in [2.45, 2.75) is 90.3 Å². The third-order valence-corrected chi connectivity index (χ3v) is 7.25. The van der Waals surface area contributed by atoms with Crippen LogP contribution in [0, 0.1) is 17.3 Å². The first-order valence-electron chi connectivity index (χ1n) is 12.9. The molecular formula is C26H39N5O5. The molecule has 10 heteroatoms. The zero-order chi connectivity index (χ0) is 26.3. The van der Waals surface area contributed by atoms with Crippen molar-refractivity contribution in [3.8, 4) is 0 Å². The van der Waals surface area contributed by atoms with Gasteiger partial charge in [0.15, 0.2) is 0 Å². The maximum atomic E-state index is 13.6. The predicted octanol–water partition coefficient (Wildman–Crippen LogP) is 2.14. The quantitative estimate of drug-likeness (QED) is 0.464. The Labute approximate surface area is 212 Å². The number of nitrogens with zero attached hydrogens (tertiary/aromatic N) is 2. The highest BCUT2D eigenvalue weighted by atomic mass is 16.5. The van der Waals surface area contributed by atoms with E-state index in [1.165, 1.54) is 25.7 Å². The molecule has 3 rings (SSSR count). The highest BCUT2D eigenvalue weighted by Crippen LogP contribution is 2.29. The molecule has 0 radical (unpaired) electrons. The molecule has 2 unspecified atom stereocenters. The fourth-order valence-corrected chi connectivity index (χ4v) is 5.24. The lowest BCUT2D eigenvalue weighted by atomic mass is 9.82. The molecule has 3 N–H and O–H groups in total. The largest absolute Gasteiger partial charge is 0.469 e. The van der Waals surface area contributed by atoms with Gasteiger partial charge in [-0.05, 0) is 37.0 Å². The molecule has 2 aliphatic carbocycles. The van der Waals surface area contributed by atoms with Crippen LogP contribution in [-0.2, 0) is 19.1 Å². The minimum absolute atomic E-state index is 0.0402. The summed E-state index contributed by atoms with van der Waals surface area (Å²) in [6.45, 7) is 5.62. The van der Waals surface area contributed by atoms with E-state index >= 15 is 0 Å². The second-order valence-electron chi connectivity index (χ2n) is 10.9. The Bertz CT molecular complexity index is 926. The van der Waals surface area contributed by atoms with Crippen LogP contribution in [0.1, 0.15) is 82.6 Å². The molecule has 2 aliphatic rings. The van der Waals surface area contributed by atoms with Gasteiger partial charge in [0.05, 0.1) is 19.2 Å². The molecule has 4 atom stereocenters. The van der Waals surface area contributed by atoms with Crippen molar-refractivity contribution in [2.75, 3.05) is 7.11 Å². The Morgan fingerprint density at radius 3 is 2.28 bits per heavy atom. The Morgan fingerprint density at radius 1 is 0.944 bits per heavy atom. The topological polar surface area (TPSA) is 139 Å². The molecule has 0 saturated heterocycles. The van der Waals surface area contributed by atoms with Gasteiger partial charge in [-0.1, -0.05) is 46.5 Å². The van der Waals surface area contributed by atoms with Gasteiger partial charge in [-0.15, -0.1) is 0 Å². The van der Waals surface area contributed by atoms with Crippen LogP contribution in [0.15, 0.2) is 18.6 Å². The average Bonchev–Trinajstić information content (AvgIpc) is 3.33. The number of aromatic nitrogens is 2. The summed E-state index contributed by atoms with van der Waals surface area (Å²) >= 11 is 0.